The third-order valence-electron chi connectivity index (χ3n) is 2.38. The number of thiophene rings is 1. The Bertz CT molecular complexity index is 556. The van der Waals surface area contributed by atoms with Crippen LogP contribution in [0.4, 0.5) is 5.82 Å². The lowest BCUT2D eigenvalue weighted by atomic mass is 10.2. The van der Waals surface area contributed by atoms with E-state index in [0.717, 1.165) is 0 Å². The molecule has 0 aliphatic heterocycles. The van der Waals surface area contributed by atoms with Gasteiger partial charge in [-0.3, -0.25) is 0 Å². The van der Waals surface area contributed by atoms with Crippen molar-refractivity contribution in [1.29, 1.82) is 5.26 Å². The van der Waals surface area contributed by atoms with Crippen molar-refractivity contribution in [3.8, 4) is 6.07 Å². The minimum Gasteiger partial charge on any atom is -0.360 e. The van der Waals surface area contributed by atoms with Crippen molar-refractivity contribution in [2.24, 2.45) is 0 Å². The van der Waals surface area contributed by atoms with E-state index in [1.54, 1.807) is 17.4 Å². The van der Waals surface area contributed by atoms with Crippen LogP contribution in [0.5, 0.6) is 0 Å². The fourth-order valence-corrected chi connectivity index (χ4v) is 2.37. The topological polar surface area (TPSA) is 61.6 Å². The smallest absolute Gasteiger partial charge is 0.167 e. The monoisotopic (exact) mass is 244 g/mol. The van der Waals surface area contributed by atoms with E-state index >= 15 is 0 Å². The van der Waals surface area contributed by atoms with Crippen molar-refractivity contribution < 1.29 is 0 Å². The SMILES string of the molecule is Cc1ccc(C(C)Nc2nnccc2C#N)s1. The molecule has 2 heterocycles. The molecule has 0 saturated carbocycles. The summed E-state index contributed by atoms with van der Waals surface area (Å²) in [5.74, 6) is 0.536. The molecule has 1 N–H and O–H groups in total. The Morgan fingerprint density at radius 2 is 2.24 bits per heavy atom. The summed E-state index contributed by atoms with van der Waals surface area (Å²) in [5.41, 5.74) is 0.514. The third-order valence-corrected chi connectivity index (χ3v) is 3.57. The molecule has 2 aromatic rings. The molecule has 2 rings (SSSR count). The average molecular weight is 244 g/mol. The van der Waals surface area contributed by atoms with Crippen molar-refractivity contribution in [3.63, 3.8) is 0 Å². The molecule has 0 aliphatic rings. The van der Waals surface area contributed by atoms with Gasteiger partial charge in [0.1, 0.15) is 6.07 Å². The first-order valence-electron chi connectivity index (χ1n) is 5.25. The van der Waals surface area contributed by atoms with Crippen LogP contribution in [0.2, 0.25) is 0 Å². The predicted molar refractivity (Wildman–Crippen MR) is 67.8 cm³/mol. The van der Waals surface area contributed by atoms with Gasteiger partial charge in [-0.2, -0.15) is 10.4 Å². The molecule has 0 spiro atoms. The van der Waals surface area contributed by atoms with Gasteiger partial charge in [-0.15, -0.1) is 16.4 Å². The lowest BCUT2D eigenvalue weighted by Crippen LogP contribution is -2.08. The van der Waals surface area contributed by atoms with Gasteiger partial charge in [-0.25, -0.2) is 0 Å². The molecular formula is C12H12N4S. The molecule has 0 radical (unpaired) electrons. The summed E-state index contributed by atoms with van der Waals surface area (Å²) >= 11 is 1.73. The Morgan fingerprint density at radius 1 is 1.41 bits per heavy atom. The van der Waals surface area contributed by atoms with Gasteiger partial charge in [0.25, 0.3) is 0 Å². The van der Waals surface area contributed by atoms with Crippen LogP contribution in [0, 0.1) is 18.3 Å². The minimum atomic E-state index is 0.123. The number of nitrogens with zero attached hydrogens (tertiary/aromatic N) is 3. The first kappa shape index (κ1) is 11.6. The van der Waals surface area contributed by atoms with Crippen LogP contribution in [0.15, 0.2) is 24.4 Å². The molecule has 4 nitrogen and oxygen atoms in total. The Hall–Kier alpha value is -1.93. The number of hydrogen-bond acceptors (Lipinski definition) is 5. The fraction of sp³-hybridized carbons (Fsp3) is 0.250. The van der Waals surface area contributed by atoms with Gasteiger partial charge in [-0.05, 0) is 32.0 Å². The maximum atomic E-state index is 8.95. The van der Waals surface area contributed by atoms with E-state index in [1.807, 2.05) is 6.92 Å². The zero-order chi connectivity index (χ0) is 12.3. The van der Waals surface area contributed by atoms with Crippen LogP contribution >= 0.6 is 11.3 Å². The number of aryl methyl sites for hydroxylation is 1. The second-order valence-corrected chi connectivity index (χ2v) is 5.04. The molecule has 2 aromatic heterocycles. The normalized spacial score (nSPS) is 11.8. The molecule has 0 bridgehead atoms. The molecule has 5 heteroatoms. The highest BCUT2D eigenvalue weighted by Gasteiger charge is 2.11. The van der Waals surface area contributed by atoms with Gasteiger partial charge in [0, 0.05) is 9.75 Å². The van der Waals surface area contributed by atoms with E-state index in [0.29, 0.717) is 11.4 Å². The van der Waals surface area contributed by atoms with Gasteiger partial charge in [-0.1, -0.05) is 0 Å². The van der Waals surface area contributed by atoms with Gasteiger partial charge in [0.2, 0.25) is 0 Å². The molecule has 0 amide bonds. The average Bonchev–Trinajstić information content (AvgIpc) is 2.77. The molecule has 1 atom stereocenters. The zero-order valence-electron chi connectivity index (χ0n) is 9.64. The van der Waals surface area contributed by atoms with E-state index in [1.165, 1.54) is 16.0 Å². The molecule has 0 aromatic carbocycles. The fourth-order valence-electron chi connectivity index (χ4n) is 1.49. The summed E-state index contributed by atoms with van der Waals surface area (Å²) < 4.78 is 0. The zero-order valence-corrected chi connectivity index (χ0v) is 10.5. The summed E-state index contributed by atoms with van der Waals surface area (Å²) in [5, 5.41) is 19.9. The van der Waals surface area contributed by atoms with E-state index in [-0.39, 0.29) is 6.04 Å². The highest BCUT2D eigenvalue weighted by atomic mass is 32.1. The standard InChI is InChI=1S/C12H12N4S/c1-8-3-4-11(17-8)9(2)15-12-10(7-13)5-6-14-16-12/h3-6,9H,1-2H3,(H,15,16). The van der Waals surface area contributed by atoms with Crippen LogP contribution in [0.3, 0.4) is 0 Å². The summed E-state index contributed by atoms with van der Waals surface area (Å²) in [6.45, 7) is 4.12. The molecular weight excluding hydrogens is 232 g/mol. The van der Waals surface area contributed by atoms with E-state index in [4.69, 9.17) is 5.26 Å². The predicted octanol–water partition coefficient (Wildman–Crippen LogP) is 2.89. The number of hydrogen-bond donors (Lipinski definition) is 1. The van der Waals surface area contributed by atoms with Gasteiger partial charge >= 0.3 is 0 Å². The maximum Gasteiger partial charge on any atom is 0.167 e. The van der Waals surface area contributed by atoms with Crippen LogP contribution in [0.25, 0.3) is 0 Å². The largest absolute Gasteiger partial charge is 0.360 e. The lowest BCUT2D eigenvalue weighted by Gasteiger charge is -2.12. The Kier molecular flexibility index (Phi) is 3.35. The van der Waals surface area contributed by atoms with Crippen molar-refractivity contribution in [2.75, 3.05) is 5.32 Å². The third kappa shape index (κ3) is 2.60. The van der Waals surface area contributed by atoms with Crippen molar-refractivity contribution in [3.05, 3.63) is 39.7 Å². The van der Waals surface area contributed by atoms with E-state index in [9.17, 15) is 0 Å². The van der Waals surface area contributed by atoms with Gasteiger partial charge in [0.15, 0.2) is 5.82 Å². The molecule has 0 saturated heterocycles. The number of rotatable bonds is 3. The van der Waals surface area contributed by atoms with Crippen molar-refractivity contribution >= 4 is 17.2 Å². The molecule has 0 fully saturated rings. The summed E-state index contributed by atoms with van der Waals surface area (Å²) in [6.07, 6.45) is 1.52. The highest BCUT2D eigenvalue weighted by molar-refractivity contribution is 7.12. The maximum absolute atomic E-state index is 8.95. The molecule has 1 unspecified atom stereocenters. The first-order valence-corrected chi connectivity index (χ1v) is 6.07. The molecule has 17 heavy (non-hydrogen) atoms. The molecule has 0 aliphatic carbocycles. The second kappa shape index (κ2) is 4.93. The number of nitriles is 1. The number of anilines is 1. The first-order chi connectivity index (χ1) is 8.20. The van der Waals surface area contributed by atoms with E-state index < -0.39 is 0 Å². The lowest BCUT2D eigenvalue weighted by molar-refractivity contribution is 0.877. The molecule has 86 valence electrons. The van der Waals surface area contributed by atoms with Crippen LogP contribution in [-0.4, -0.2) is 10.2 Å². The Labute approximate surface area is 104 Å². The van der Waals surface area contributed by atoms with Crippen LogP contribution in [0.1, 0.15) is 28.3 Å². The highest BCUT2D eigenvalue weighted by Crippen LogP contribution is 2.25. The second-order valence-electron chi connectivity index (χ2n) is 3.72. The quantitative estimate of drug-likeness (QED) is 0.901. The van der Waals surface area contributed by atoms with Crippen LogP contribution in [-0.2, 0) is 0 Å². The van der Waals surface area contributed by atoms with Gasteiger partial charge in [0.05, 0.1) is 17.8 Å². The van der Waals surface area contributed by atoms with Crippen LogP contribution < -0.4 is 5.32 Å². The van der Waals surface area contributed by atoms with E-state index in [2.05, 4.69) is 40.6 Å². The van der Waals surface area contributed by atoms with Crippen molar-refractivity contribution in [2.45, 2.75) is 19.9 Å². The van der Waals surface area contributed by atoms with Crippen molar-refractivity contribution in [1.82, 2.24) is 10.2 Å². The number of aromatic nitrogens is 2. The Balaban J connectivity index is 2.19. The van der Waals surface area contributed by atoms with Gasteiger partial charge < -0.3 is 5.32 Å². The summed E-state index contributed by atoms with van der Waals surface area (Å²) in [4.78, 5) is 2.49. The summed E-state index contributed by atoms with van der Waals surface area (Å²) in [6, 6.07) is 8.04. The minimum absolute atomic E-state index is 0.123. The summed E-state index contributed by atoms with van der Waals surface area (Å²) in [7, 11) is 0. The number of nitrogens with one attached hydrogen (secondary N) is 1. The Morgan fingerprint density at radius 3 is 2.88 bits per heavy atom.